The van der Waals surface area contributed by atoms with Crippen molar-refractivity contribution in [2.45, 2.75) is 18.0 Å². The molecule has 3 aromatic rings. The maximum absolute atomic E-state index is 12.8. The third-order valence-electron chi connectivity index (χ3n) is 4.96. The second kappa shape index (κ2) is 7.48. The molecule has 1 aliphatic heterocycles. The summed E-state index contributed by atoms with van der Waals surface area (Å²) in [7, 11) is -2.00. The van der Waals surface area contributed by atoms with Gasteiger partial charge in [0.1, 0.15) is 6.54 Å². The van der Waals surface area contributed by atoms with Crippen LogP contribution in [0.2, 0.25) is 0 Å². The molecule has 10 nitrogen and oxygen atoms in total. The third-order valence-corrected chi connectivity index (χ3v) is 6.74. The summed E-state index contributed by atoms with van der Waals surface area (Å²) in [5, 5.41) is -0.00352. The monoisotopic (exact) mass is 419 g/mol. The molecule has 3 heterocycles. The number of hydrogen-bond donors (Lipinski definition) is 0. The highest BCUT2D eigenvalue weighted by molar-refractivity contribution is 7.89. The van der Waals surface area contributed by atoms with Crippen LogP contribution >= 0.6 is 0 Å². The number of carbonyl (C=O) groups is 1. The lowest BCUT2D eigenvalue weighted by atomic mass is 10.3. The van der Waals surface area contributed by atoms with E-state index in [0.717, 1.165) is 0 Å². The topological polar surface area (TPSA) is 111 Å². The molecule has 4 rings (SSSR count). The van der Waals surface area contributed by atoms with Crippen LogP contribution in [0.4, 0.5) is 0 Å². The highest BCUT2D eigenvalue weighted by Crippen LogP contribution is 2.17. The summed E-state index contributed by atoms with van der Waals surface area (Å²) in [6, 6.07) is 6.91. The minimum absolute atomic E-state index is 0.00352. The molecule has 0 unspecified atom stereocenters. The average Bonchev–Trinajstić information content (AvgIpc) is 3.15. The van der Waals surface area contributed by atoms with Crippen molar-refractivity contribution in [2.75, 3.05) is 26.2 Å². The van der Waals surface area contributed by atoms with Crippen molar-refractivity contribution in [3.63, 3.8) is 0 Å². The zero-order chi connectivity index (χ0) is 20.6. The first-order valence-electron chi connectivity index (χ1n) is 9.20. The first kappa shape index (κ1) is 19.4. The minimum atomic E-state index is -3.71. The molecule has 0 radical (unpaired) electrons. The third kappa shape index (κ3) is 3.70. The number of hydrogen-bond acceptors (Lipinski definition) is 6. The van der Waals surface area contributed by atoms with Gasteiger partial charge in [-0.3, -0.25) is 9.36 Å². The highest BCUT2D eigenvalue weighted by Gasteiger charge is 2.30. The van der Waals surface area contributed by atoms with Crippen molar-refractivity contribution in [1.29, 1.82) is 0 Å². The van der Waals surface area contributed by atoms with Crippen LogP contribution < -0.4 is 5.76 Å². The van der Waals surface area contributed by atoms with Gasteiger partial charge in [0.15, 0.2) is 10.6 Å². The minimum Gasteiger partial charge on any atom is -0.408 e. The van der Waals surface area contributed by atoms with Crippen molar-refractivity contribution >= 4 is 27.0 Å². The van der Waals surface area contributed by atoms with Gasteiger partial charge in [-0.1, -0.05) is 12.1 Å². The van der Waals surface area contributed by atoms with Crippen LogP contribution in [0.15, 0.2) is 51.0 Å². The maximum Gasteiger partial charge on any atom is 0.420 e. The first-order chi connectivity index (χ1) is 13.9. The molecule has 1 aromatic carbocycles. The van der Waals surface area contributed by atoms with Crippen molar-refractivity contribution in [3.8, 4) is 0 Å². The Morgan fingerprint density at radius 3 is 2.72 bits per heavy atom. The average molecular weight is 419 g/mol. The molecule has 29 heavy (non-hydrogen) atoms. The van der Waals surface area contributed by atoms with E-state index in [-0.39, 0.29) is 30.6 Å². The number of fused-ring (bicyclic) bond motifs is 1. The van der Waals surface area contributed by atoms with E-state index in [1.165, 1.54) is 21.4 Å². The van der Waals surface area contributed by atoms with E-state index in [0.29, 0.717) is 30.6 Å². The number of benzene rings is 1. The molecule has 2 aromatic heterocycles. The van der Waals surface area contributed by atoms with Crippen LogP contribution in [0, 0.1) is 0 Å². The Hall–Kier alpha value is -2.92. The fraction of sp³-hybridized carbons (Fsp3) is 0.389. The van der Waals surface area contributed by atoms with Crippen molar-refractivity contribution in [3.05, 3.63) is 47.3 Å². The second-order valence-corrected chi connectivity index (χ2v) is 8.82. The van der Waals surface area contributed by atoms with Crippen LogP contribution in [-0.4, -0.2) is 63.8 Å². The summed E-state index contributed by atoms with van der Waals surface area (Å²) in [5.41, 5.74) is 0.980. The Morgan fingerprint density at radius 1 is 1.17 bits per heavy atom. The zero-order valence-electron chi connectivity index (χ0n) is 15.9. The fourth-order valence-electron chi connectivity index (χ4n) is 3.44. The lowest BCUT2D eigenvalue weighted by Crippen LogP contribution is -2.39. The van der Waals surface area contributed by atoms with Gasteiger partial charge in [-0.15, -0.1) is 0 Å². The molecule has 1 amide bonds. The predicted molar refractivity (Wildman–Crippen MR) is 104 cm³/mol. The number of sulfonamides is 1. The fourth-order valence-corrected chi connectivity index (χ4v) is 4.87. The van der Waals surface area contributed by atoms with E-state index in [4.69, 9.17) is 4.42 Å². The first-order valence-corrected chi connectivity index (χ1v) is 10.6. The number of amides is 1. The normalized spacial score (nSPS) is 16.2. The number of imidazole rings is 1. The van der Waals surface area contributed by atoms with E-state index in [2.05, 4.69) is 4.98 Å². The molecule has 0 atom stereocenters. The summed E-state index contributed by atoms with van der Waals surface area (Å²) < 4.78 is 34.9. The number of oxazole rings is 1. The molecule has 1 fully saturated rings. The second-order valence-electron chi connectivity index (χ2n) is 6.94. The van der Waals surface area contributed by atoms with Crippen molar-refractivity contribution < 1.29 is 17.6 Å². The van der Waals surface area contributed by atoms with Gasteiger partial charge in [-0.05, 0) is 18.6 Å². The lowest BCUT2D eigenvalue weighted by Gasteiger charge is -2.21. The van der Waals surface area contributed by atoms with Gasteiger partial charge in [0, 0.05) is 39.4 Å². The summed E-state index contributed by atoms with van der Waals surface area (Å²) in [6.45, 7) is 0.985. The Morgan fingerprint density at radius 2 is 1.97 bits per heavy atom. The van der Waals surface area contributed by atoms with E-state index in [1.54, 1.807) is 40.8 Å². The smallest absolute Gasteiger partial charge is 0.408 e. The number of aryl methyl sites for hydroxylation is 1. The van der Waals surface area contributed by atoms with Gasteiger partial charge >= 0.3 is 5.76 Å². The van der Waals surface area contributed by atoms with E-state index in [9.17, 15) is 18.0 Å². The zero-order valence-corrected chi connectivity index (χ0v) is 16.7. The number of carbonyl (C=O) groups excluding carboxylic acids is 1. The van der Waals surface area contributed by atoms with Crippen LogP contribution in [0.25, 0.3) is 11.1 Å². The molecule has 0 aliphatic carbocycles. The Labute approximate surface area is 167 Å². The SMILES string of the molecule is Cn1cnc(S(=O)(=O)N2CCCN(C(=O)Cn3c(=O)oc4ccccc43)CC2)c1. The van der Waals surface area contributed by atoms with Gasteiger partial charge in [-0.2, -0.15) is 4.31 Å². The molecule has 0 bridgehead atoms. The largest absolute Gasteiger partial charge is 0.420 e. The van der Waals surface area contributed by atoms with Crippen LogP contribution in [0.3, 0.4) is 0 Å². The maximum atomic E-state index is 12.8. The van der Waals surface area contributed by atoms with E-state index >= 15 is 0 Å². The van der Waals surface area contributed by atoms with E-state index < -0.39 is 15.8 Å². The molecule has 0 N–H and O–H groups in total. The van der Waals surface area contributed by atoms with Gasteiger partial charge < -0.3 is 13.9 Å². The summed E-state index contributed by atoms with van der Waals surface area (Å²) >= 11 is 0. The number of aromatic nitrogens is 3. The molecule has 0 spiro atoms. The summed E-state index contributed by atoms with van der Waals surface area (Å²) in [4.78, 5) is 30.4. The Bertz CT molecular complexity index is 1210. The molecule has 1 saturated heterocycles. The quantitative estimate of drug-likeness (QED) is 0.600. The molecule has 154 valence electrons. The van der Waals surface area contributed by atoms with Gasteiger partial charge in [0.2, 0.25) is 5.91 Å². The summed E-state index contributed by atoms with van der Waals surface area (Å²) in [6.07, 6.45) is 3.39. The van der Waals surface area contributed by atoms with Gasteiger partial charge in [0.05, 0.1) is 11.8 Å². The molecule has 0 saturated carbocycles. The lowest BCUT2D eigenvalue weighted by molar-refractivity contribution is -0.131. The predicted octanol–water partition coefficient (Wildman–Crippen LogP) is 0.251. The van der Waals surface area contributed by atoms with Gasteiger partial charge in [0.25, 0.3) is 10.0 Å². The molecular formula is C18H21N5O5S. The highest BCUT2D eigenvalue weighted by atomic mass is 32.2. The van der Waals surface area contributed by atoms with Crippen LogP contribution in [-0.2, 0) is 28.4 Å². The standard InChI is InChI=1S/C18H21N5O5S/c1-20-11-16(19-13-20)29(26,27)22-8-4-7-21(9-10-22)17(24)12-23-14-5-2-3-6-15(14)28-18(23)25/h2-3,5-6,11,13H,4,7-10,12H2,1H3. The van der Waals surface area contributed by atoms with Crippen molar-refractivity contribution in [2.24, 2.45) is 7.05 Å². The van der Waals surface area contributed by atoms with Crippen LogP contribution in [0.1, 0.15) is 6.42 Å². The van der Waals surface area contributed by atoms with Gasteiger partial charge in [-0.25, -0.2) is 18.2 Å². The summed E-state index contributed by atoms with van der Waals surface area (Å²) in [5.74, 6) is -0.843. The number of para-hydroxylation sites is 2. The number of rotatable bonds is 4. The van der Waals surface area contributed by atoms with Crippen LogP contribution in [0.5, 0.6) is 0 Å². The Kier molecular flexibility index (Phi) is 5.01. The number of nitrogens with zero attached hydrogens (tertiary/aromatic N) is 5. The molecule has 11 heteroatoms. The molecule has 1 aliphatic rings. The van der Waals surface area contributed by atoms with Crippen molar-refractivity contribution in [1.82, 2.24) is 23.3 Å². The Balaban J connectivity index is 1.47. The molecular weight excluding hydrogens is 398 g/mol. The van der Waals surface area contributed by atoms with E-state index in [1.807, 2.05) is 0 Å².